The normalized spacial score (nSPS) is 12.9. The topological polar surface area (TPSA) is 15.3 Å². The summed E-state index contributed by atoms with van der Waals surface area (Å²) in [5, 5.41) is 3.61. The number of rotatable bonds is 11. The van der Waals surface area contributed by atoms with Gasteiger partial charge in [-0.15, -0.1) is 0 Å². The van der Waals surface area contributed by atoms with Crippen LogP contribution in [0.2, 0.25) is 0 Å². The van der Waals surface area contributed by atoms with Crippen molar-refractivity contribution in [1.82, 2.24) is 10.2 Å². The third-order valence-electron chi connectivity index (χ3n) is 3.93. The monoisotopic (exact) mass is 270 g/mol. The maximum Gasteiger partial charge on any atom is 0.00448 e. The van der Waals surface area contributed by atoms with E-state index in [-0.39, 0.29) is 0 Å². The molecule has 0 atom stereocenters. The Labute approximate surface area is 122 Å². The standard InChI is InChI=1S/C17H38N2/c1-8-16(9-2)12-19(10-3)14-17(6,7)13-18-11-15(4)5/h15-16,18H,8-14H2,1-7H3. The molecule has 0 fully saturated rings. The highest BCUT2D eigenvalue weighted by Gasteiger charge is 2.22. The molecule has 2 nitrogen and oxygen atoms in total. The van der Waals surface area contributed by atoms with Crippen molar-refractivity contribution in [3.8, 4) is 0 Å². The van der Waals surface area contributed by atoms with E-state index >= 15 is 0 Å². The Morgan fingerprint density at radius 2 is 1.63 bits per heavy atom. The molecule has 0 rings (SSSR count). The highest BCUT2D eigenvalue weighted by atomic mass is 15.1. The smallest absolute Gasteiger partial charge is 0.00448 e. The van der Waals surface area contributed by atoms with Crippen molar-refractivity contribution in [2.75, 3.05) is 32.7 Å². The average Bonchev–Trinajstić information content (AvgIpc) is 2.33. The van der Waals surface area contributed by atoms with Crippen LogP contribution in [0.3, 0.4) is 0 Å². The van der Waals surface area contributed by atoms with E-state index in [4.69, 9.17) is 0 Å². The van der Waals surface area contributed by atoms with E-state index in [1.807, 2.05) is 0 Å². The van der Waals surface area contributed by atoms with Gasteiger partial charge in [-0.2, -0.15) is 0 Å². The fourth-order valence-corrected chi connectivity index (χ4v) is 2.58. The van der Waals surface area contributed by atoms with Crippen molar-refractivity contribution in [2.24, 2.45) is 17.3 Å². The van der Waals surface area contributed by atoms with Gasteiger partial charge in [-0.05, 0) is 30.3 Å². The summed E-state index contributed by atoms with van der Waals surface area (Å²) in [5.74, 6) is 1.60. The molecule has 0 saturated heterocycles. The van der Waals surface area contributed by atoms with Crippen molar-refractivity contribution in [1.29, 1.82) is 0 Å². The molecule has 0 aliphatic rings. The molecule has 0 bridgehead atoms. The highest BCUT2D eigenvalue weighted by molar-refractivity contribution is 4.77. The minimum absolute atomic E-state index is 0.358. The number of nitrogens with zero attached hydrogens (tertiary/aromatic N) is 1. The minimum Gasteiger partial charge on any atom is -0.316 e. The third kappa shape index (κ3) is 9.45. The maximum atomic E-state index is 3.61. The first-order valence-corrected chi connectivity index (χ1v) is 8.27. The first kappa shape index (κ1) is 18.9. The summed E-state index contributed by atoms with van der Waals surface area (Å²) in [4.78, 5) is 2.63. The average molecular weight is 271 g/mol. The lowest BCUT2D eigenvalue weighted by molar-refractivity contribution is 0.155. The van der Waals surface area contributed by atoms with Gasteiger partial charge in [-0.25, -0.2) is 0 Å². The zero-order chi connectivity index (χ0) is 14.9. The van der Waals surface area contributed by atoms with Crippen LogP contribution in [-0.2, 0) is 0 Å². The summed E-state index contributed by atoms with van der Waals surface area (Å²) < 4.78 is 0. The SMILES string of the molecule is CCC(CC)CN(CC)CC(C)(C)CNCC(C)C. The summed E-state index contributed by atoms with van der Waals surface area (Å²) in [5.41, 5.74) is 0.358. The summed E-state index contributed by atoms with van der Waals surface area (Å²) in [6, 6.07) is 0. The second kappa shape index (κ2) is 9.77. The van der Waals surface area contributed by atoms with Crippen LogP contribution in [0.15, 0.2) is 0 Å². The Hall–Kier alpha value is -0.0800. The van der Waals surface area contributed by atoms with Gasteiger partial charge < -0.3 is 10.2 Å². The van der Waals surface area contributed by atoms with Crippen molar-refractivity contribution < 1.29 is 0 Å². The summed E-state index contributed by atoms with van der Waals surface area (Å²) >= 11 is 0. The Kier molecular flexibility index (Phi) is 9.72. The van der Waals surface area contributed by atoms with E-state index in [0.717, 1.165) is 24.9 Å². The molecule has 0 heterocycles. The molecule has 19 heavy (non-hydrogen) atoms. The molecule has 0 aliphatic heterocycles. The Balaban J connectivity index is 4.18. The second-order valence-corrected chi connectivity index (χ2v) is 7.20. The van der Waals surface area contributed by atoms with Gasteiger partial charge in [0.15, 0.2) is 0 Å². The molecule has 0 saturated carbocycles. The van der Waals surface area contributed by atoms with Gasteiger partial charge >= 0.3 is 0 Å². The van der Waals surface area contributed by atoms with E-state index in [0.29, 0.717) is 5.41 Å². The minimum atomic E-state index is 0.358. The lowest BCUT2D eigenvalue weighted by Crippen LogP contribution is -2.42. The zero-order valence-corrected chi connectivity index (χ0v) is 14.6. The van der Waals surface area contributed by atoms with E-state index in [2.05, 4.69) is 58.7 Å². The van der Waals surface area contributed by atoms with Crippen LogP contribution in [0, 0.1) is 17.3 Å². The molecule has 0 spiro atoms. The fraction of sp³-hybridized carbons (Fsp3) is 1.00. The second-order valence-electron chi connectivity index (χ2n) is 7.20. The largest absolute Gasteiger partial charge is 0.316 e. The van der Waals surface area contributed by atoms with Crippen LogP contribution < -0.4 is 5.32 Å². The van der Waals surface area contributed by atoms with Gasteiger partial charge in [0.1, 0.15) is 0 Å². The molecule has 0 aromatic rings. The Bertz CT molecular complexity index is 207. The van der Waals surface area contributed by atoms with E-state index < -0.39 is 0 Å². The van der Waals surface area contributed by atoms with Crippen LogP contribution in [0.5, 0.6) is 0 Å². The maximum absolute atomic E-state index is 3.61. The molecule has 2 heteroatoms. The summed E-state index contributed by atoms with van der Waals surface area (Å²) in [6.45, 7) is 22.1. The molecule has 0 aromatic heterocycles. The lowest BCUT2D eigenvalue weighted by Gasteiger charge is -2.34. The fourth-order valence-electron chi connectivity index (χ4n) is 2.58. The lowest BCUT2D eigenvalue weighted by atomic mass is 9.91. The quantitative estimate of drug-likeness (QED) is 0.610. The van der Waals surface area contributed by atoms with Gasteiger partial charge in [0.05, 0.1) is 0 Å². The molecular formula is C17H38N2. The Morgan fingerprint density at radius 3 is 2.05 bits per heavy atom. The predicted octanol–water partition coefficient (Wildman–Crippen LogP) is 4.02. The van der Waals surface area contributed by atoms with Crippen LogP contribution in [-0.4, -0.2) is 37.6 Å². The third-order valence-corrected chi connectivity index (χ3v) is 3.93. The van der Waals surface area contributed by atoms with Crippen molar-refractivity contribution in [3.63, 3.8) is 0 Å². The molecular weight excluding hydrogens is 232 g/mol. The van der Waals surface area contributed by atoms with Gasteiger partial charge in [0.25, 0.3) is 0 Å². The van der Waals surface area contributed by atoms with Gasteiger partial charge in [0.2, 0.25) is 0 Å². The first-order valence-electron chi connectivity index (χ1n) is 8.27. The van der Waals surface area contributed by atoms with E-state index in [1.54, 1.807) is 0 Å². The summed E-state index contributed by atoms with van der Waals surface area (Å²) in [7, 11) is 0. The van der Waals surface area contributed by atoms with Crippen LogP contribution in [0.1, 0.15) is 61.3 Å². The molecule has 116 valence electrons. The van der Waals surface area contributed by atoms with Crippen molar-refractivity contribution in [2.45, 2.75) is 61.3 Å². The molecule has 0 radical (unpaired) electrons. The molecule has 1 N–H and O–H groups in total. The van der Waals surface area contributed by atoms with E-state index in [9.17, 15) is 0 Å². The van der Waals surface area contributed by atoms with Crippen LogP contribution in [0.25, 0.3) is 0 Å². The highest BCUT2D eigenvalue weighted by Crippen LogP contribution is 2.18. The predicted molar refractivity (Wildman–Crippen MR) is 87.7 cm³/mol. The molecule has 0 amide bonds. The number of nitrogens with one attached hydrogen (secondary N) is 1. The zero-order valence-electron chi connectivity index (χ0n) is 14.6. The molecule has 0 unspecified atom stereocenters. The van der Waals surface area contributed by atoms with Crippen molar-refractivity contribution >= 4 is 0 Å². The van der Waals surface area contributed by atoms with Gasteiger partial charge in [0, 0.05) is 19.6 Å². The van der Waals surface area contributed by atoms with Crippen LogP contribution in [0.4, 0.5) is 0 Å². The van der Waals surface area contributed by atoms with Gasteiger partial charge in [-0.1, -0.05) is 61.3 Å². The first-order chi connectivity index (χ1) is 8.84. The number of hydrogen-bond donors (Lipinski definition) is 1. The number of hydrogen-bond acceptors (Lipinski definition) is 2. The van der Waals surface area contributed by atoms with Crippen molar-refractivity contribution in [3.05, 3.63) is 0 Å². The van der Waals surface area contributed by atoms with E-state index in [1.165, 1.54) is 32.5 Å². The van der Waals surface area contributed by atoms with Crippen LogP contribution >= 0.6 is 0 Å². The summed E-state index contributed by atoms with van der Waals surface area (Å²) in [6.07, 6.45) is 2.61. The molecule has 0 aromatic carbocycles. The Morgan fingerprint density at radius 1 is 1.05 bits per heavy atom. The van der Waals surface area contributed by atoms with Gasteiger partial charge in [-0.3, -0.25) is 0 Å². The molecule has 0 aliphatic carbocycles.